The molecule has 1 amide bonds. The fourth-order valence-corrected chi connectivity index (χ4v) is 5.07. The molecule has 0 aliphatic rings. The molecular weight excluding hydrogens is 456 g/mol. The third kappa shape index (κ3) is 5.02. The van der Waals surface area contributed by atoms with Crippen LogP contribution in [0.5, 0.6) is 0 Å². The molecule has 0 aliphatic heterocycles. The molecule has 0 bridgehead atoms. The normalized spacial score (nSPS) is 11.4. The summed E-state index contributed by atoms with van der Waals surface area (Å²) < 4.78 is 28.1. The number of nitrogens with one attached hydrogen (secondary N) is 1. The Morgan fingerprint density at radius 3 is 2.24 bits per heavy atom. The predicted molar refractivity (Wildman–Crippen MR) is 134 cm³/mol. The number of hydrogen-bond donors (Lipinski definition) is 1. The molecule has 0 heterocycles. The summed E-state index contributed by atoms with van der Waals surface area (Å²) in [5.41, 5.74) is 2.98. The molecule has 5 nitrogen and oxygen atoms in total. The van der Waals surface area contributed by atoms with Gasteiger partial charge >= 0.3 is 0 Å². The first-order chi connectivity index (χ1) is 15.7. The Morgan fingerprint density at radius 1 is 0.848 bits per heavy atom. The second kappa shape index (κ2) is 9.25. The van der Waals surface area contributed by atoms with Gasteiger partial charge in [0.1, 0.15) is 6.54 Å². The minimum Gasteiger partial charge on any atom is -0.324 e. The van der Waals surface area contributed by atoms with E-state index in [1.165, 1.54) is 24.3 Å². The molecule has 33 heavy (non-hydrogen) atoms. The molecule has 0 fully saturated rings. The van der Waals surface area contributed by atoms with Crippen LogP contribution in [-0.2, 0) is 14.8 Å². The SMILES string of the molecule is Cc1ccc(N(CC(=O)Nc2ccc3ccccc3c2)S(=O)(=O)c2ccc(Cl)cc2)cc1C. The van der Waals surface area contributed by atoms with Crippen LogP contribution in [-0.4, -0.2) is 20.9 Å². The summed E-state index contributed by atoms with van der Waals surface area (Å²) >= 11 is 5.94. The van der Waals surface area contributed by atoms with E-state index in [1.807, 2.05) is 56.3 Å². The van der Waals surface area contributed by atoms with E-state index in [0.717, 1.165) is 26.2 Å². The van der Waals surface area contributed by atoms with Gasteiger partial charge in [-0.2, -0.15) is 0 Å². The van der Waals surface area contributed by atoms with Crippen LogP contribution in [0.2, 0.25) is 5.02 Å². The average molecular weight is 479 g/mol. The second-order valence-corrected chi connectivity index (χ2v) is 10.1. The van der Waals surface area contributed by atoms with Crippen molar-refractivity contribution in [1.82, 2.24) is 0 Å². The van der Waals surface area contributed by atoms with E-state index in [9.17, 15) is 13.2 Å². The van der Waals surface area contributed by atoms with Gasteiger partial charge in [0, 0.05) is 10.7 Å². The Bertz CT molecular complexity index is 1430. The number of carbonyl (C=O) groups is 1. The molecule has 0 saturated carbocycles. The Kier molecular flexibility index (Phi) is 6.40. The number of nitrogens with zero attached hydrogens (tertiary/aromatic N) is 1. The van der Waals surface area contributed by atoms with Crippen molar-refractivity contribution in [2.75, 3.05) is 16.2 Å². The van der Waals surface area contributed by atoms with Crippen LogP contribution in [0, 0.1) is 13.8 Å². The van der Waals surface area contributed by atoms with Gasteiger partial charge in [0.25, 0.3) is 10.0 Å². The highest BCUT2D eigenvalue weighted by molar-refractivity contribution is 7.92. The number of carbonyl (C=O) groups excluding carboxylic acids is 1. The summed E-state index contributed by atoms with van der Waals surface area (Å²) in [5.74, 6) is -0.443. The van der Waals surface area contributed by atoms with Gasteiger partial charge in [0.15, 0.2) is 0 Å². The van der Waals surface area contributed by atoms with Crippen LogP contribution >= 0.6 is 11.6 Å². The van der Waals surface area contributed by atoms with Crippen molar-refractivity contribution in [3.63, 3.8) is 0 Å². The molecule has 4 rings (SSSR count). The summed E-state index contributed by atoms with van der Waals surface area (Å²) in [6.07, 6.45) is 0. The number of anilines is 2. The molecule has 0 atom stereocenters. The molecule has 0 unspecified atom stereocenters. The van der Waals surface area contributed by atoms with E-state index in [2.05, 4.69) is 5.32 Å². The lowest BCUT2D eigenvalue weighted by Gasteiger charge is -2.25. The maximum atomic E-state index is 13.5. The van der Waals surface area contributed by atoms with Gasteiger partial charge in [0.05, 0.1) is 10.6 Å². The fourth-order valence-electron chi connectivity index (χ4n) is 3.53. The molecule has 4 aromatic rings. The lowest BCUT2D eigenvalue weighted by Crippen LogP contribution is -2.38. The van der Waals surface area contributed by atoms with Gasteiger partial charge in [-0.15, -0.1) is 0 Å². The van der Waals surface area contributed by atoms with Crippen molar-refractivity contribution < 1.29 is 13.2 Å². The van der Waals surface area contributed by atoms with Crippen LogP contribution in [0.3, 0.4) is 0 Å². The van der Waals surface area contributed by atoms with Crippen molar-refractivity contribution in [1.29, 1.82) is 0 Å². The first-order valence-electron chi connectivity index (χ1n) is 10.4. The number of aryl methyl sites for hydroxylation is 2. The van der Waals surface area contributed by atoms with Gasteiger partial charge < -0.3 is 5.32 Å². The van der Waals surface area contributed by atoms with Crippen LogP contribution in [0.15, 0.2) is 89.8 Å². The maximum Gasteiger partial charge on any atom is 0.264 e. The largest absolute Gasteiger partial charge is 0.324 e. The van der Waals surface area contributed by atoms with Gasteiger partial charge in [-0.1, -0.05) is 48.0 Å². The summed E-state index contributed by atoms with van der Waals surface area (Å²) in [6, 6.07) is 24.6. The Balaban J connectivity index is 1.67. The number of benzene rings is 4. The standard InChI is InChI=1S/C26H23ClN2O3S/c1-18-7-12-24(15-19(18)2)29(33(31,32)25-13-9-22(27)10-14-25)17-26(30)28-23-11-8-20-5-3-4-6-21(20)16-23/h3-16H,17H2,1-2H3,(H,28,30). The van der Waals surface area contributed by atoms with Crippen LogP contribution in [0.1, 0.15) is 11.1 Å². The van der Waals surface area contributed by atoms with E-state index in [4.69, 9.17) is 11.6 Å². The Labute approximate surface area is 198 Å². The molecule has 0 radical (unpaired) electrons. The number of sulfonamides is 1. The average Bonchev–Trinajstić information content (AvgIpc) is 2.79. The summed E-state index contributed by atoms with van der Waals surface area (Å²) in [7, 11) is -4.01. The van der Waals surface area contributed by atoms with E-state index < -0.39 is 15.9 Å². The first-order valence-corrected chi connectivity index (χ1v) is 12.2. The molecule has 0 spiro atoms. The van der Waals surface area contributed by atoms with Crippen molar-refractivity contribution in [3.05, 3.63) is 101 Å². The summed E-state index contributed by atoms with van der Waals surface area (Å²) in [5, 5.41) is 5.29. The van der Waals surface area contributed by atoms with E-state index in [-0.39, 0.29) is 11.4 Å². The first kappa shape index (κ1) is 22.8. The van der Waals surface area contributed by atoms with Crippen molar-refractivity contribution in [2.45, 2.75) is 18.7 Å². The zero-order valence-electron chi connectivity index (χ0n) is 18.2. The third-order valence-electron chi connectivity index (χ3n) is 5.50. The molecule has 7 heteroatoms. The Hall–Kier alpha value is -3.35. The predicted octanol–water partition coefficient (Wildman–Crippen LogP) is 5.94. The lowest BCUT2D eigenvalue weighted by molar-refractivity contribution is -0.114. The fraction of sp³-hybridized carbons (Fsp3) is 0.115. The molecule has 0 saturated heterocycles. The highest BCUT2D eigenvalue weighted by Gasteiger charge is 2.27. The summed E-state index contributed by atoms with van der Waals surface area (Å²) in [4.78, 5) is 13.0. The van der Waals surface area contributed by atoms with Crippen LogP contribution in [0.25, 0.3) is 10.8 Å². The monoisotopic (exact) mass is 478 g/mol. The number of amides is 1. The topological polar surface area (TPSA) is 66.5 Å². The maximum absolute atomic E-state index is 13.5. The number of halogens is 1. The van der Waals surface area contributed by atoms with Gasteiger partial charge in [-0.3, -0.25) is 9.10 Å². The quantitative estimate of drug-likeness (QED) is 0.372. The zero-order chi connectivity index (χ0) is 23.6. The number of hydrogen-bond acceptors (Lipinski definition) is 3. The Morgan fingerprint density at radius 2 is 1.55 bits per heavy atom. The molecule has 0 aliphatic carbocycles. The molecule has 4 aromatic carbocycles. The zero-order valence-corrected chi connectivity index (χ0v) is 19.8. The molecule has 168 valence electrons. The van der Waals surface area contributed by atoms with Gasteiger partial charge in [0.2, 0.25) is 5.91 Å². The van der Waals surface area contributed by atoms with Crippen molar-refractivity contribution in [2.24, 2.45) is 0 Å². The second-order valence-electron chi connectivity index (χ2n) is 7.84. The number of fused-ring (bicyclic) bond motifs is 1. The lowest BCUT2D eigenvalue weighted by atomic mass is 10.1. The molecule has 1 N–H and O–H groups in total. The van der Waals surface area contributed by atoms with Gasteiger partial charge in [-0.05, 0) is 84.3 Å². The van der Waals surface area contributed by atoms with E-state index >= 15 is 0 Å². The van der Waals surface area contributed by atoms with Crippen LogP contribution in [0.4, 0.5) is 11.4 Å². The minimum atomic E-state index is -4.01. The van der Waals surface area contributed by atoms with E-state index in [1.54, 1.807) is 18.2 Å². The highest BCUT2D eigenvalue weighted by atomic mass is 35.5. The van der Waals surface area contributed by atoms with Crippen molar-refractivity contribution >= 4 is 49.7 Å². The highest BCUT2D eigenvalue weighted by Crippen LogP contribution is 2.27. The van der Waals surface area contributed by atoms with Crippen LogP contribution < -0.4 is 9.62 Å². The number of rotatable bonds is 6. The molecule has 0 aromatic heterocycles. The smallest absolute Gasteiger partial charge is 0.264 e. The van der Waals surface area contributed by atoms with Crippen molar-refractivity contribution in [3.8, 4) is 0 Å². The van der Waals surface area contributed by atoms with E-state index in [0.29, 0.717) is 16.4 Å². The summed E-state index contributed by atoms with van der Waals surface area (Å²) in [6.45, 7) is 3.48. The van der Waals surface area contributed by atoms with Gasteiger partial charge in [-0.25, -0.2) is 8.42 Å². The third-order valence-corrected chi connectivity index (χ3v) is 7.54. The molecular formula is C26H23ClN2O3S. The minimum absolute atomic E-state index is 0.0589.